The number of alkyl carbamates (subject to hydrolysis) is 1. The van der Waals surface area contributed by atoms with E-state index in [9.17, 15) is 9.59 Å². The molecule has 1 fully saturated rings. The second-order valence-electron chi connectivity index (χ2n) is 11.3. The van der Waals surface area contributed by atoms with Gasteiger partial charge in [-0.1, -0.05) is 91.9 Å². The molecule has 1 saturated heterocycles. The molecular formula is C37H40N2O6. The first kappa shape index (κ1) is 31.6. The van der Waals surface area contributed by atoms with Crippen molar-refractivity contribution >= 4 is 12.0 Å². The number of methoxy groups -OCH3 is 2. The predicted molar refractivity (Wildman–Crippen MR) is 172 cm³/mol. The van der Waals surface area contributed by atoms with Crippen LogP contribution in [0.3, 0.4) is 0 Å². The van der Waals surface area contributed by atoms with Crippen LogP contribution >= 0.6 is 0 Å². The molecule has 0 spiro atoms. The normalized spacial score (nSPS) is 16.2. The molecule has 8 nitrogen and oxygen atoms in total. The number of carbonyl (C=O) groups excluding carboxylic acids is 2. The molecule has 0 aliphatic carbocycles. The number of rotatable bonds is 12. The first-order valence-electron chi connectivity index (χ1n) is 15.2. The lowest BCUT2D eigenvalue weighted by atomic mass is 9.80. The zero-order valence-electron chi connectivity index (χ0n) is 26.0. The molecule has 2 amide bonds. The van der Waals surface area contributed by atoms with Crippen molar-refractivity contribution in [1.82, 2.24) is 10.2 Å². The molecule has 4 aromatic rings. The lowest BCUT2D eigenvalue weighted by Gasteiger charge is -2.38. The molecule has 1 aliphatic heterocycles. The quantitative estimate of drug-likeness (QED) is 0.194. The van der Waals surface area contributed by atoms with E-state index in [1.165, 1.54) is 0 Å². The minimum absolute atomic E-state index is 0.135. The summed E-state index contributed by atoms with van der Waals surface area (Å²) in [5.41, 5.74) is 2.69. The minimum Gasteiger partial charge on any atom is -0.497 e. The summed E-state index contributed by atoms with van der Waals surface area (Å²) in [6, 6.07) is 35.1. The SMILES string of the molecule is COc1ccc(C(OC[C@@H]2C[C@@H](C)CN2C(=O)CNC(=O)OCc2ccccc2)(c2ccccc2)c2ccc(OC)cc2)cc1. The van der Waals surface area contributed by atoms with Crippen molar-refractivity contribution in [2.24, 2.45) is 5.92 Å². The molecule has 0 saturated carbocycles. The van der Waals surface area contributed by atoms with Crippen molar-refractivity contribution in [2.45, 2.75) is 31.6 Å². The van der Waals surface area contributed by atoms with E-state index in [0.717, 1.165) is 40.2 Å². The fraction of sp³-hybridized carbons (Fsp3) is 0.297. The maximum atomic E-state index is 13.4. The van der Waals surface area contributed by atoms with Gasteiger partial charge in [-0.15, -0.1) is 0 Å². The van der Waals surface area contributed by atoms with Crippen molar-refractivity contribution in [3.05, 3.63) is 131 Å². The molecule has 0 bridgehead atoms. The van der Waals surface area contributed by atoms with Gasteiger partial charge in [0.1, 0.15) is 30.3 Å². The number of ether oxygens (including phenoxy) is 4. The average Bonchev–Trinajstić information content (AvgIpc) is 3.48. The minimum atomic E-state index is -0.986. The molecule has 5 rings (SSSR count). The van der Waals surface area contributed by atoms with E-state index in [4.69, 9.17) is 18.9 Å². The number of benzene rings is 4. The Kier molecular flexibility index (Phi) is 10.4. The van der Waals surface area contributed by atoms with Gasteiger partial charge in [0.25, 0.3) is 0 Å². The summed E-state index contributed by atoms with van der Waals surface area (Å²) < 4.78 is 23.3. The highest BCUT2D eigenvalue weighted by molar-refractivity contribution is 5.82. The standard InChI is InChI=1S/C37H40N2O6/c1-27-22-32(39(24-27)35(40)23-38-36(41)44-25-28-10-6-4-7-11-28)26-45-37(29-12-8-5-9-13-29,30-14-18-33(42-2)19-15-30)31-16-20-34(43-3)21-17-31/h4-21,27,32H,22-26H2,1-3H3,(H,38,41)/t27-,32+/m1/s1. The Balaban J connectivity index is 1.38. The Morgan fingerprint density at radius 2 is 1.31 bits per heavy atom. The smallest absolute Gasteiger partial charge is 0.407 e. The van der Waals surface area contributed by atoms with Gasteiger partial charge in [-0.2, -0.15) is 0 Å². The van der Waals surface area contributed by atoms with Crippen LogP contribution in [0.15, 0.2) is 109 Å². The van der Waals surface area contributed by atoms with E-state index < -0.39 is 11.7 Å². The second kappa shape index (κ2) is 14.8. The lowest BCUT2D eigenvalue weighted by Crippen LogP contribution is -2.46. The van der Waals surface area contributed by atoms with E-state index in [1.54, 1.807) is 14.2 Å². The van der Waals surface area contributed by atoms with Gasteiger partial charge in [-0.05, 0) is 58.9 Å². The van der Waals surface area contributed by atoms with Crippen LogP contribution in [0.1, 0.15) is 35.6 Å². The Hall–Kier alpha value is -4.82. The molecule has 0 aromatic heterocycles. The van der Waals surface area contributed by atoms with Crippen LogP contribution in [0.4, 0.5) is 4.79 Å². The molecule has 8 heteroatoms. The number of nitrogens with one attached hydrogen (secondary N) is 1. The number of amides is 2. The number of likely N-dealkylation sites (tertiary alicyclic amines) is 1. The van der Waals surface area contributed by atoms with Gasteiger partial charge in [-0.25, -0.2) is 4.79 Å². The highest BCUT2D eigenvalue weighted by Gasteiger charge is 2.41. The Morgan fingerprint density at radius 3 is 1.87 bits per heavy atom. The molecule has 4 aromatic carbocycles. The van der Waals surface area contributed by atoms with Crippen molar-refractivity contribution in [2.75, 3.05) is 33.9 Å². The summed E-state index contributed by atoms with van der Waals surface area (Å²) in [5.74, 6) is 1.59. The van der Waals surface area contributed by atoms with Crippen LogP contribution in [0, 0.1) is 5.92 Å². The third kappa shape index (κ3) is 7.46. The number of carbonyl (C=O) groups is 2. The largest absolute Gasteiger partial charge is 0.497 e. The summed E-state index contributed by atoms with van der Waals surface area (Å²) >= 11 is 0. The highest BCUT2D eigenvalue weighted by atomic mass is 16.5. The molecule has 1 N–H and O–H groups in total. The second-order valence-corrected chi connectivity index (χ2v) is 11.3. The van der Waals surface area contributed by atoms with E-state index in [1.807, 2.05) is 102 Å². The van der Waals surface area contributed by atoms with Crippen molar-refractivity contribution in [3.8, 4) is 11.5 Å². The van der Waals surface area contributed by atoms with Gasteiger partial charge in [-0.3, -0.25) is 4.79 Å². The Labute approximate surface area is 264 Å². The maximum absolute atomic E-state index is 13.4. The van der Waals surface area contributed by atoms with Crippen LogP contribution in [-0.4, -0.2) is 56.9 Å². The molecular weight excluding hydrogens is 568 g/mol. The summed E-state index contributed by atoms with van der Waals surface area (Å²) in [4.78, 5) is 27.6. The molecule has 45 heavy (non-hydrogen) atoms. The van der Waals surface area contributed by atoms with Crippen LogP contribution in [0.25, 0.3) is 0 Å². The van der Waals surface area contributed by atoms with Crippen molar-refractivity contribution in [1.29, 1.82) is 0 Å². The van der Waals surface area contributed by atoms with Crippen LogP contribution in [-0.2, 0) is 26.5 Å². The van der Waals surface area contributed by atoms with E-state index in [2.05, 4.69) is 24.4 Å². The summed E-state index contributed by atoms with van der Waals surface area (Å²) in [5, 5.41) is 2.62. The monoisotopic (exact) mass is 608 g/mol. The van der Waals surface area contributed by atoms with Crippen LogP contribution in [0.5, 0.6) is 11.5 Å². The first-order valence-corrected chi connectivity index (χ1v) is 15.2. The molecule has 234 valence electrons. The lowest BCUT2D eigenvalue weighted by molar-refractivity contribution is -0.133. The van der Waals surface area contributed by atoms with Gasteiger partial charge >= 0.3 is 6.09 Å². The maximum Gasteiger partial charge on any atom is 0.407 e. The van der Waals surface area contributed by atoms with Gasteiger partial charge in [0.2, 0.25) is 5.91 Å². The van der Waals surface area contributed by atoms with Gasteiger partial charge in [0.15, 0.2) is 0 Å². The highest BCUT2D eigenvalue weighted by Crippen LogP contribution is 2.42. The van der Waals surface area contributed by atoms with Crippen molar-refractivity contribution in [3.63, 3.8) is 0 Å². The third-order valence-electron chi connectivity index (χ3n) is 8.21. The van der Waals surface area contributed by atoms with Gasteiger partial charge < -0.3 is 29.2 Å². The van der Waals surface area contributed by atoms with Crippen LogP contribution in [0.2, 0.25) is 0 Å². The molecule has 1 heterocycles. The molecule has 0 radical (unpaired) electrons. The molecule has 2 atom stereocenters. The Morgan fingerprint density at radius 1 is 0.778 bits per heavy atom. The zero-order chi connectivity index (χ0) is 31.6. The van der Waals surface area contributed by atoms with Crippen molar-refractivity contribution < 1.29 is 28.5 Å². The number of hydrogen-bond acceptors (Lipinski definition) is 6. The molecule has 0 unspecified atom stereocenters. The summed E-state index contributed by atoms with van der Waals surface area (Å²) in [6.45, 7) is 2.96. The zero-order valence-corrected chi connectivity index (χ0v) is 26.0. The van der Waals surface area contributed by atoms with E-state index in [-0.39, 0.29) is 37.6 Å². The average molecular weight is 609 g/mol. The summed E-state index contributed by atoms with van der Waals surface area (Å²) in [6.07, 6.45) is 0.148. The fourth-order valence-corrected chi connectivity index (χ4v) is 5.93. The Bertz CT molecular complexity index is 1480. The third-order valence-corrected chi connectivity index (χ3v) is 8.21. The summed E-state index contributed by atoms with van der Waals surface area (Å²) in [7, 11) is 3.29. The van der Waals surface area contributed by atoms with Crippen LogP contribution < -0.4 is 14.8 Å². The van der Waals surface area contributed by atoms with Gasteiger partial charge in [0, 0.05) is 6.54 Å². The van der Waals surface area contributed by atoms with E-state index in [0.29, 0.717) is 6.54 Å². The first-order chi connectivity index (χ1) is 21.9. The topological polar surface area (TPSA) is 86.3 Å². The predicted octanol–water partition coefficient (Wildman–Crippen LogP) is 6.18. The van der Waals surface area contributed by atoms with E-state index >= 15 is 0 Å². The fourth-order valence-electron chi connectivity index (χ4n) is 5.93. The molecule has 1 aliphatic rings. The van der Waals surface area contributed by atoms with Gasteiger partial charge in [0.05, 0.1) is 26.9 Å². The number of nitrogens with zero attached hydrogens (tertiary/aromatic N) is 1. The number of hydrogen-bond donors (Lipinski definition) is 1.